The van der Waals surface area contributed by atoms with E-state index in [4.69, 9.17) is 0 Å². The van der Waals surface area contributed by atoms with Crippen LogP contribution in [0.2, 0.25) is 0 Å². The molecule has 7 nitrogen and oxygen atoms in total. The van der Waals surface area contributed by atoms with Crippen LogP contribution in [0.5, 0.6) is 0 Å². The molecule has 1 aromatic heterocycles. The number of nitrogens with one attached hydrogen (secondary N) is 2. The van der Waals surface area contributed by atoms with Crippen molar-refractivity contribution < 1.29 is 14.4 Å². The maximum Gasteiger partial charge on any atom is 0.325 e. The molecular weight excluding hydrogens is 364 g/mol. The lowest BCUT2D eigenvalue weighted by atomic mass is 9.89. The van der Waals surface area contributed by atoms with E-state index in [-0.39, 0.29) is 12.5 Å². The van der Waals surface area contributed by atoms with Gasteiger partial charge >= 0.3 is 6.03 Å². The van der Waals surface area contributed by atoms with Crippen molar-refractivity contribution in [3.8, 4) is 6.07 Å². The number of amides is 4. The Morgan fingerprint density at radius 2 is 2.11 bits per heavy atom. The fraction of sp³-hybridized carbons (Fsp3) is 0.579. The van der Waals surface area contributed by atoms with Crippen LogP contribution in [-0.4, -0.2) is 34.8 Å². The molecule has 1 aliphatic carbocycles. The number of hydrogen-bond donors (Lipinski definition) is 2. The van der Waals surface area contributed by atoms with Crippen LogP contribution >= 0.6 is 11.3 Å². The number of nitrogens with zero attached hydrogens (tertiary/aromatic N) is 2. The molecule has 0 unspecified atom stereocenters. The summed E-state index contributed by atoms with van der Waals surface area (Å²) in [6, 6.07) is 1.66. The molecule has 2 N–H and O–H groups in total. The fourth-order valence-electron chi connectivity index (χ4n) is 3.82. The molecule has 2 heterocycles. The molecular formula is C19H24N4O3S. The average Bonchev–Trinajstić information content (AvgIpc) is 3.10. The highest BCUT2D eigenvalue weighted by atomic mass is 32.1. The van der Waals surface area contributed by atoms with Crippen LogP contribution in [0.3, 0.4) is 0 Å². The minimum Gasteiger partial charge on any atom is -0.323 e. The Labute approximate surface area is 162 Å². The first kappa shape index (κ1) is 19.4. The normalized spacial score (nSPS) is 20.8. The lowest BCUT2D eigenvalue weighted by Gasteiger charge is -2.22. The Morgan fingerprint density at radius 3 is 2.70 bits per heavy atom. The number of anilines is 1. The van der Waals surface area contributed by atoms with Gasteiger partial charge in [0.1, 0.15) is 23.2 Å². The second kappa shape index (κ2) is 7.31. The minimum atomic E-state index is -0.923. The number of fused-ring (bicyclic) bond motifs is 1. The predicted molar refractivity (Wildman–Crippen MR) is 102 cm³/mol. The molecule has 1 fully saturated rings. The third kappa shape index (κ3) is 3.32. The minimum absolute atomic E-state index is 0.351. The van der Waals surface area contributed by atoms with E-state index in [2.05, 4.69) is 23.6 Å². The molecule has 144 valence electrons. The van der Waals surface area contributed by atoms with E-state index in [0.29, 0.717) is 29.3 Å². The monoisotopic (exact) mass is 388 g/mol. The van der Waals surface area contributed by atoms with Gasteiger partial charge in [0.2, 0.25) is 5.91 Å². The largest absolute Gasteiger partial charge is 0.325 e. The van der Waals surface area contributed by atoms with E-state index in [1.807, 2.05) is 13.8 Å². The molecule has 0 saturated carbocycles. The third-order valence-electron chi connectivity index (χ3n) is 5.63. The maximum absolute atomic E-state index is 12.6. The van der Waals surface area contributed by atoms with E-state index in [0.717, 1.165) is 34.6 Å². The van der Waals surface area contributed by atoms with Crippen molar-refractivity contribution in [2.75, 3.05) is 11.9 Å². The van der Waals surface area contributed by atoms with Gasteiger partial charge in [-0.2, -0.15) is 5.26 Å². The Balaban J connectivity index is 1.75. The number of carbonyl (C=O) groups is 3. The molecule has 0 radical (unpaired) electrons. The summed E-state index contributed by atoms with van der Waals surface area (Å²) < 4.78 is 0. The van der Waals surface area contributed by atoms with Crippen molar-refractivity contribution in [2.24, 2.45) is 5.92 Å². The zero-order chi connectivity index (χ0) is 19.8. The maximum atomic E-state index is 12.6. The summed E-state index contributed by atoms with van der Waals surface area (Å²) in [6.45, 7) is 5.50. The molecule has 0 aromatic carbocycles. The van der Waals surface area contributed by atoms with E-state index in [1.54, 1.807) is 0 Å². The van der Waals surface area contributed by atoms with E-state index in [9.17, 15) is 19.6 Å². The first-order valence-electron chi connectivity index (χ1n) is 9.33. The van der Waals surface area contributed by atoms with Crippen molar-refractivity contribution in [1.82, 2.24) is 10.2 Å². The molecule has 1 atom stereocenters. The van der Waals surface area contributed by atoms with Gasteiger partial charge in [0, 0.05) is 4.88 Å². The van der Waals surface area contributed by atoms with Crippen LogP contribution in [-0.2, 0) is 22.4 Å². The molecule has 2 aliphatic rings. The van der Waals surface area contributed by atoms with Gasteiger partial charge in [0.05, 0.1) is 5.56 Å². The highest BCUT2D eigenvalue weighted by molar-refractivity contribution is 7.16. The van der Waals surface area contributed by atoms with Gasteiger partial charge in [-0.3, -0.25) is 14.5 Å². The lowest BCUT2D eigenvalue weighted by molar-refractivity contribution is -0.134. The first-order valence-corrected chi connectivity index (χ1v) is 10.1. The van der Waals surface area contributed by atoms with E-state index in [1.165, 1.54) is 11.3 Å². The van der Waals surface area contributed by atoms with Gasteiger partial charge in [0.15, 0.2) is 0 Å². The van der Waals surface area contributed by atoms with Gasteiger partial charge in [-0.15, -0.1) is 11.3 Å². The first-order chi connectivity index (χ1) is 12.8. The number of imide groups is 1. The Kier molecular flexibility index (Phi) is 5.24. The van der Waals surface area contributed by atoms with Crippen molar-refractivity contribution in [1.29, 1.82) is 5.26 Å². The second-order valence-electron chi connectivity index (χ2n) is 7.33. The predicted octanol–water partition coefficient (Wildman–Crippen LogP) is 2.79. The van der Waals surface area contributed by atoms with Crippen LogP contribution in [0.4, 0.5) is 9.80 Å². The van der Waals surface area contributed by atoms with Crippen molar-refractivity contribution in [3.63, 3.8) is 0 Å². The Morgan fingerprint density at radius 1 is 1.41 bits per heavy atom. The number of rotatable bonds is 5. The summed E-state index contributed by atoms with van der Waals surface area (Å²) in [5.41, 5.74) is 0.624. The highest BCUT2D eigenvalue weighted by Crippen LogP contribution is 2.39. The summed E-state index contributed by atoms with van der Waals surface area (Å²) in [6.07, 6.45) is 3.73. The van der Waals surface area contributed by atoms with Crippen LogP contribution in [0.15, 0.2) is 0 Å². The summed E-state index contributed by atoms with van der Waals surface area (Å²) in [7, 11) is 0. The van der Waals surface area contributed by atoms with Gasteiger partial charge in [0.25, 0.3) is 5.91 Å². The van der Waals surface area contributed by atoms with Crippen molar-refractivity contribution >= 4 is 34.2 Å². The molecule has 3 rings (SSSR count). The fourth-order valence-corrected chi connectivity index (χ4v) is 5.19. The zero-order valence-corrected chi connectivity index (χ0v) is 16.7. The summed E-state index contributed by atoms with van der Waals surface area (Å²) in [4.78, 5) is 39.4. The Bertz CT molecular complexity index is 835. The van der Waals surface area contributed by atoms with Gasteiger partial charge in [-0.1, -0.05) is 20.8 Å². The molecule has 0 spiro atoms. The Hall–Kier alpha value is -2.40. The SMILES string of the molecule is CCC1(CC)NC(=O)N(CC(=O)Nc2sc3c(c2C#N)CC[C@H](C)C3)C1=O. The standard InChI is InChI=1S/C19H24N4O3S/c1-4-19(5-2)17(25)23(18(26)22-19)10-15(24)21-16-13(9-20)12-7-6-11(3)8-14(12)27-16/h11H,4-8,10H2,1-3H3,(H,21,24)(H,22,26)/t11-/m0/s1. The molecule has 27 heavy (non-hydrogen) atoms. The zero-order valence-electron chi connectivity index (χ0n) is 15.8. The van der Waals surface area contributed by atoms with Crippen molar-refractivity contribution in [3.05, 3.63) is 16.0 Å². The van der Waals surface area contributed by atoms with E-state index >= 15 is 0 Å². The van der Waals surface area contributed by atoms with Gasteiger partial charge < -0.3 is 10.6 Å². The number of carbonyl (C=O) groups excluding carboxylic acids is 3. The van der Waals surface area contributed by atoms with Crippen LogP contribution in [0.1, 0.15) is 56.0 Å². The molecule has 8 heteroatoms. The number of hydrogen-bond acceptors (Lipinski definition) is 5. The van der Waals surface area contributed by atoms with Crippen LogP contribution in [0.25, 0.3) is 0 Å². The van der Waals surface area contributed by atoms with E-state index < -0.39 is 17.5 Å². The second-order valence-corrected chi connectivity index (χ2v) is 8.43. The number of nitriles is 1. The van der Waals surface area contributed by atoms with Crippen molar-refractivity contribution in [2.45, 2.75) is 58.4 Å². The molecule has 0 bridgehead atoms. The summed E-state index contributed by atoms with van der Waals surface area (Å²) >= 11 is 1.43. The van der Waals surface area contributed by atoms with Crippen LogP contribution in [0, 0.1) is 17.2 Å². The van der Waals surface area contributed by atoms with Gasteiger partial charge in [-0.05, 0) is 43.6 Å². The summed E-state index contributed by atoms with van der Waals surface area (Å²) in [5.74, 6) is -0.273. The quantitative estimate of drug-likeness (QED) is 0.757. The van der Waals surface area contributed by atoms with Crippen LogP contribution < -0.4 is 10.6 Å². The average molecular weight is 388 g/mol. The number of urea groups is 1. The summed E-state index contributed by atoms with van der Waals surface area (Å²) in [5, 5.41) is 15.5. The topological polar surface area (TPSA) is 102 Å². The number of thiophene rings is 1. The molecule has 1 aromatic rings. The third-order valence-corrected chi connectivity index (χ3v) is 6.80. The molecule has 1 aliphatic heterocycles. The lowest BCUT2D eigenvalue weighted by Crippen LogP contribution is -2.46. The highest BCUT2D eigenvalue weighted by Gasteiger charge is 2.49. The smallest absolute Gasteiger partial charge is 0.323 e. The van der Waals surface area contributed by atoms with Gasteiger partial charge in [-0.25, -0.2) is 4.79 Å². The molecule has 4 amide bonds. The molecule has 1 saturated heterocycles.